The Hall–Kier alpha value is -3.07. The number of benzene rings is 3. The van der Waals surface area contributed by atoms with Gasteiger partial charge in [-0.1, -0.05) is 85.6 Å². The Bertz CT molecular complexity index is 1410. The van der Waals surface area contributed by atoms with Crippen molar-refractivity contribution in [1.29, 1.82) is 0 Å². The number of carbonyl (C=O) groups is 2. The van der Waals surface area contributed by atoms with Crippen LogP contribution < -0.4 is 9.62 Å². The number of anilines is 1. The summed E-state index contributed by atoms with van der Waals surface area (Å²) in [5.74, 6) is -0.570. The van der Waals surface area contributed by atoms with Crippen LogP contribution in [0.4, 0.5) is 5.69 Å². The lowest BCUT2D eigenvalue weighted by Crippen LogP contribution is -2.50. The van der Waals surface area contributed by atoms with E-state index in [9.17, 15) is 18.0 Å². The zero-order chi connectivity index (χ0) is 30.7. The third-order valence-electron chi connectivity index (χ3n) is 7.00. The number of hydrogen-bond acceptors (Lipinski definition) is 4. The third-order valence-corrected chi connectivity index (χ3v) is 8.90. The Morgan fingerprint density at radius 3 is 2.10 bits per heavy atom. The maximum atomic E-state index is 13.9. The molecule has 0 aliphatic carbocycles. The van der Waals surface area contributed by atoms with E-state index in [0.717, 1.165) is 30.2 Å². The normalized spacial score (nSPS) is 12.0. The molecule has 0 aliphatic rings. The first-order valence-corrected chi connectivity index (χ1v) is 16.8. The van der Waals surface area contributed by atoms with Gasteiger partial charge >= 0.3 is 0 Å². The van der Waals surface area contributed by atoms with Gasteiger partial charge in [-0.2, -0.15) is 0 Å². The summed E-state index contributed by atoms with van der Waals surface area (Å²) in [5, 5.41) is 3.73. The van der Waals surface area contributed by atoms with Crippen molar-refractivity contribution < 1.29 is 18.0 Å². The quantitative estimate of drug-likeness (QED) is 0.214. The molecule has 0 aromatic heterocycles. The van der Waals surface area contributed by atoms with Gasteiger partial charge in [-0.05, 0) is 54.7 Å². The van der Waals surface area contributed by atoms with Gasteiger partial charge < -0.3 is 10.2 Å². The van der Waals surface area contributed by atoms with Gasteiger partial charge in [0.15, 0.2) is 0 Å². The minimum absolute atomic E-state index is 0.0213. The van der Waals surface area contributed by atoms with Crippen LogP contribution in [0.3, 0.4) is 0 Å². The first-order chi connectivity index (χ1) is 20.0. The van der Waals surface area contributed by atoms with Crippen molar-refractivity contribution in [3.8, 4) is 0 Å². The van der Waals surface area contributed by atoms with Crippen LogP contribution in [0.25, 0.3) is 0 Å². The van der Waals surface area contributed by atoms with E-state index in [2.05, 4.69) is 5.32 Å². The lowest BCUT2D eigenvalue weighted by molar-refractivity contribution is -0.141. The number of halogens is 2. The molecule has 42 heavy (non-hydrogen) atoms. The Morgan fingerprint density at radius 2 is 1.52 bits per heavy atom. The SMILES string of the molecule is CCCNC(=O)[C@@H](Cc1ccccc1)N(Cc1c(Cl)cccc1Cl)C(=O)CCCN(c1ccc(CC)cc1)S(C)(=O)=O. The summed E-state index contributed by atoms with van der Waals surface area (Å²) in [4.78, 5) is 28.9. The van der Waals surface area contributed by atoms with Crippen LogP contribution in [0.1, 0.15) is 49.8 Å². The van der Waals surface area contributed by atoms with Crippen LogP contribution in [-0.2, 0) is 39.0 Å². The summed E-state index contributed by atoms with van der Waals surface area (Å²) >= 11 is 13.0. The fourth-order valence-electron chi connectivity index (χ4n) is 4.68. The van der Waals surface area contributed by atoms with Gasteiger partial charge in [0.1, 0.15) is 6.04 Å². The van der Waals surface area contributed by atoms with E-state index in [1.165, 1.54) is 9.21 Å². The molecule has 0 radical (unpaired) electrons. The van der Waals surface area contributed by atoms with Gasteiger partial charge in [-0.25, -0.2) is 8.42 Å². The second kappa shape index (κ2) is 16.0. The molecular weight excluding hydrogens is 593 g/mol. The molecule has 3 aromatic carbocycles. The maximum absolute atomic E-state index is 13.9. The van der Waals surface area contributed by atoms with Crippen LogP contribution >= 0.6 is 23.2 Å². The summed E-state index contributed by atoms with van der Waals surface area (Å²) in [7, 11) is -3.59. The molecular formula is C32H39Cl2N3O4S. The Kier molecular flexibility index (Phi) is 12.7. The lowest BCUT2D eigenvalue weighted by atomic mass is 10.0. The molecule has 226 valence electrons. The summed E-state index contributed by atoms with van der Waals surface area (Å²) in [6, 6.07) is 21.2. The molecule has 1 atom stereocenters. The first kappa shape index (κ1) is 33.4. The average Bonchev–Trinajstić information content (AvgIpc) is 2.97. The molecule has 3 rings (SSSR count). The Morgan fingerprint density at radius 1 is 0.881 bits per heavy atom. The van der Waals surface area contributed by atoms with Gasteiger partial charge in [0.2, 0.25) is 21.8 Å². The molecule has 0 unspecified atom stereocenters. The van der Waals surface area contributed by atoms with Gasteiger partial charge in [0.05, 0.1) is 11.9 Å². The van der Waals surface area contributed by atoms with Gasteiger partial charge in [-0.3, -0.25) is 13.9 Å². The van der Waals surface area contributed by atoms with Crippen LogP contribution in [0, 0.1) is 0 Å². The van der Waals surface area contributed by atoms with Crippen molar-refractivity contribution >= 4 is 50.7 Å². The number of nitrogens with one attached hydrogen (secondary N) is 1. The van der Waals surface area contributed by atoms with E-state index in [1.54, 1.807) is 30.3 Å². The molecule has 10 heteroatoms. The van der Waals surface area contributed by atoms with E-state index < -0.39 is 16.1 Å². The number of hydrogen-bond donors (Lipinski definition) is 1. The van der Waals surface area contributed by atoms with Crippen molar-refractivity contribution in [1.82, 2.24) is 10.2 Å². The summed E-state index contributed by atoms with van der Waals surface area (Å²) < 4.78 is 26.6. The van der Waals surface area contributed by atoms with E-state index in [4.69, 9.17) is 23.2 Å². The number of aryl methyl sites for hydroxylation is 1. The van der Waals surface area contributed by atoms with Gasteiger partial charge in [0, 0.05) is 48.1 Å². The van der Waals surface area contributed by atoms with E-state index in [-0.39, 0.29) is 37.7 Å². The lowest BCUT2D eigenvalue weighted by Gasteiger charge is -2.32. The number of amides is 2. The standard InChI is InChI=1S/C32H39Cl2N3O4S/c1-4-20-35-32(39)30(22-25-11-7-6-8-12-25)36(23-27-28(33)13-9-14-29(27)34)31(38)15-10-21-37(42(3,40)41)26-18-16-24(5-2)17-19-26/h6-9,11-14,16-19,30H,4-5,10,15,20-23H2,1-3H3,(H,35,39)/t30-/m1/s1. The summed E-state index contributed by atoms with van der Waals surface area (Å²) in [5.41, 5.74) is 3.09. The highest BCUT2D eigenvalue weighted by Gasteiger charge is 2.31. The average molecular weight is 633 g/mol. The van der Waals surface area contributed by atoms with Crippen molar-refractivity contribution in [2.45, 2.75) is 58.5 Å². The van der Waals surface area contributed by atoms with Gasteiger partial charge in [0.25, 0.3) is 0 Å². The highest BCUT2D eigenvalue weighted by Crippen LogP contribution is 2.28. The van der Waals surface area contributed by atoms with Crippen LogP contribution in [0.5, 0.6) is 0 Å². The number of carbonyl (C=O) groups excluding carboxylic acids is 2. The maximum Gasteiger partial charge on any atom is 0.243 e. The highest BCUT2D eigenvalue weighted by molar-refractivity contribution is 7.92. The second-order valence-corrected chi connectivity index (χ2v) is 12.9. The van der Waals surface area contributed by atoms with Crippen molar-refractivity contribution in [3.63, 3.8) is 0 Å². The second-order valence-electron chi connectivity index (χ2n) is 10.2. The Labute approximate surface area is 259 Å². The molecule has 0 saturated carbocycles. The minimum atomic E-state index is -3.59. The molecule has 0 spiro atoms. The molecule has 2 amide bonds. The molecule has 0 heterocycles. The molecule has 0 saturated heterocycles. The summed E-state index contributed by atoms with van der Waals surface area (Å²) in [6.07, 6.45) is 3.31. The zero-order valence-electron chi connectivity index (χ0n) is 24.4. The predicted octanol–water partition coefficient (Wildman–Crippen LogP) is 6.27. The minimum Gasteiger partial charge on any atom is -0.354 e. The van der Waals surface area contributed by atoms with E-state index >= 15 is 0 Å². The monoisotopic (exact) mass is 631 g/mol. The molecule has 1 N–H and O–H groups in total. The molecule has 0 aliphatic heterocycles. The van der Waals surface area contributed by atoms with Crippen molar-refractivity contribution in [2.75, 3.05) is 23.7 Å². The Balaban J connectivity index is 1.90. The molecule has 0 fully saturated rings. The number of rotatable bonds is 15. The predicted molar refractivity (Wildman–Crippen MR) is 171 cm³/mol. The van der Waals surface area contributed by atoms with Crippen LogP contribution in [-0.4, -0.2) is 50.5 Å². The fourth-order valence-corrected chi connectivity index (χ4v) is 6.16. The van der Waals surface area contributed by atoms with E-state index in [0.29, 0.717) is 34.3 Å². The smallest absolute Gasteiger partial charge is 0.243 e. The highest BCUT2D eigenvalue weighted by atomic mass is 35.5. The summed E-state index contributed by atoms with van der Waals surface area (Å²) in [6.45, 7) is 4.61. The molecule has 7 nitrogen and oxygen atoms in total. The fraction of sp³-hybridized carbons (Fsp3) is 0.375. The zero-order valence-corrected chi connectivity index (χ0v) is 26.7. The van der Waals surface area contributed by atoms with Crippen molar-refractivity contribution in [3.05, 3.63) is 99.5 Å². The molecule has 0 bridgehead atoms. The number of nitrogens with zero attached hydrogens (tertiary/aromatic N) is 2. The van der Waals surface area contributed by atoms with Crippen LogP contribution in [0.15, 0.2) is 72.8 Å². The van der Waals surface area contributed by atoms with Crippen LogP contribution in [0.2, 0.25) is 10.0 Å². The molecule has 3 aromatic rings. The third kappa shape index (κ3) is 9.48. The largest absolute Gasteiger partial charge is 0.354 e. The van der Waals surface area contributed by atoms with Crippen molar-refractivity contribution in [2.24, 2.45) is 0 Å². The topological polar surface area (TPSA) is 86.8 Å². The van der Waals surface area contributed by atoms with E-state index in [1.807, 2.05) is 56.3 Å². The van der Waals surface area contributed by atoms with Gasteiger partial charge in [-0.15, -0.1) is 0 Å². The number of sulfonamides is 1. The first-order valence-electron chi connectivity index (χ1n) is 14.2.